The summed E-state index contributed by atoms with van der Waals surface area (Å²) in [6.45, 7) is 7.22. The molecule has 0 unspecified atom stereocenters. The van der Waals surface area contributed by atoms with E-state index >= 15 is 0 Å². The zero-order valence-electron chi connectivity index (χ0n) is 13.4. The fraction of sp³-hybridized carbons (Fsp3) is 0.625. The SMILES string of the molecule is CCCCCC(C)(C)CNC(=O)c1cc(Cl)nc(NC)c1. The molecule has 1 aromatic heterocycles. The molecule has 118 valence electrons. The first kappa shape index (κ1) is 17.8. The first-order chi connectivity index (χ1) is 9.88. The van der Waals surface area contributed by atoms with Gasteiger partial charge in [0.25, 0.3) is 5.91 Å². The Morgan fingerprint density at radius 2 is 2.05 bits per heavy atom. The highest BCUT2D eigenvalue weighted by Crippen LogP contribution is 2.23. The molecular weight excluding hydrogens is 286 g/mol. The van der Waals surface area contributed by atoms with E-state index in [0.717, 1.165) is 6.42 Å². The van der Waals surface area contributed by atoms with Gasteiger partial charge < -0.3 is 10.6 Å². The molecule has 1 heterocycles. The molecule has 2 N–H and O–H groups in total. The molecule has 0 atom stereocenters. The lowest BCUT2D eigenvalue weighted by Gasteiger charge is -2.25. The second-order valence-corrected chi connectivity index (χ2v) is 6.51. The van der Waals surface area contributed by atoms with Gasteiger partial charge in [0.15, 0.2) is 0 Å². The van der Waals surface area contributed by atoms with Gasteiger partial charge in [-0.05, 0) is 24.0 Å². The van der Waals surface area contributed by atoms with Crippen molar-refractivity contribution in [2.75, 3.05) is 18.9 Å². The number of hydrogen-bond acceptors (Lipinski definition) is 3. The Hall–Kier alpha value is -1.29. The summed E-state index contributed by atoms with van der Waals surface area (Å²) in [5.41, 5.74) is 0.636. The minimum Gasteiger partial charge on any atom is -0.373 e. The van der Waals surface area contributed by atoms with Crippen molar-refractivity contribution in [2.45, 2.75) is 46.5 Å². The molecule has 0 saturated carbocycles. The number of rotatable bonds is 8. The van der Waals surface area contributed by atoms with Crippen molar-refractivity contribution in [3.05, 3.63) is 22.8 Å². The van der Waals surface area contributed by atoms with Crippen LogP contribution in [0.15, 0.2) is 12.1 Å². The Morgan fingerprint density at radius 1 is 1.33 bits per heavy atom. The maximum Gasteiger partial charge on any atom is 0.251 e. The third kappa shape index (κ3) is 6.34. The second-order valence-electron chi connectivity index (χ2n) is 6.12. The largest absolute Gasteiger partial charge is 0.373 e. The van der Waals surface area contributed by atoms with Crippen LogP contribution in [0.3, 0.4) is 0 Å². The maximum absolute atomic E-state index is 12.2. The van der Waals surface area contributed by atoms with E-state index in [0.29, 0.717) is 23.1 Å². The number of pyridine rings is 1. The summed E-state index contributed by atoms with van der Waals surface area (Å²) in [4.78, 5) is 16.3. The number of amides is 1. The highest BCUT2D eigenvalue weighted by Gasteiger charge is 2.19. The number of nitrogens with one attached hydrogen (secondary N) is 2. The molecular formula is C16H26ClN3O. The molecule has 0 radical (unpaired) electrons. The number of halogens is 1. The van der Waals surface area contributed by atoms with Crippen LogP contribution in [0.1, 0.15) is 56.8 Å². The highest BCUT2D eigenvalue weighted by atomic mass is 35.5. The normalized spacial score (nSPS) is 11.3. The summed E-state index contributed by atoms with van der Waals surface area (Å²) in [6, 6.07) is 3.28. The Kier molecular flexibility index (Phi) is 6.96. The number of hydrogen-bond donors (Lipinski definition) is 2. The molecule has 0 spiro atoms. The predicted molar refractivity (Wildman–Crippen MR) is 89.0 cm³/mol. The van der Waals surface area contributed by atoms with Gasteiger partial charge in [-0.1, -0.05) is 51.6 Å². The molecule has 5 heteroatoms. The molecule has 1 rings (SSSR count). The van der Waals surface area contributed by atoms with Crippen LogP contribution in [0.4, 0.5) is 5.82 Å². The molecule has 0 fully saturated rings. The van der Waals surface area contributed by atoms with Gasteiger partial charge in [0, 0.05) is 19.2 Å². The van der Waals surface area contributed by atoms with Crippen molar-refractivity contribution in [1.29, 1.82) is 0 Å². The molecule has 0 aliphatic rings. The minimum absolute atomic E-state index is 0.105. The smallest absolute Gasteiger partial charge is 0.251 e. The lowest BCUT2D eigenvalue weighted by atomic mass is 9.87. The lowest BCUT2D eigenvalue weighted by molar-refractivity contribution is 0.0934. The Balaban J connectivity index is 2.59. The topological polar surface area (TPSA) is 54.0 Å². The van der Waals surface area contributed by atoms with Crippen molar-refractivity contribution in [2.24, 2.45) is 5.41 Å². The first-order valence-corrected chi connectivity index (χ1v) is 7.89. The number of anilines is 1. The van der Waals surface area contributed by atoms with E-state index in [1.165, 1.54) is 19.3 Å². The third-order valence-corrected chi connectivity index (χ3v) is 3.69. The third-order valence-electron chi connectivity index (χ3n) is 3.50. The van der Waals surface area contributed by atoms with Crippen LogP contribution in [0, 0.1) is 5.41 Å². The summed E-state index contributed by atoms with van der Waals surface area (Å²) in [5.74, 6) is 0.481. The lowest BCUT2D eigenvalue weighted by Crippen LogP contribution is -2.34. The molecule has 4 nitrogen and oxygen atoms in total. The first-order valence-electron chi connectivity index (χ1n) is 7.51. The van der Waals surface area contributed by atoms with Crippen LogP contribution in [-0.4, -0.2) is 24.5 Å². The van der Waals surface area contributed by atoms with Gasteiger partial charge in [-0.15, -0.1) is 0 Å². The number of carbonyl (C=O) groups is 1. The van der Waals surface area contributed by atoms with Gasteiger partial charge in [0.05, 0.1) is 0 Å². The maximum atomic E-state index is 12.2. The summed E-state index contributed by atoms with van der Waals surface area (Å²) in [6.07, 6.45) is 4.76. The van der Waals surface area contributed by atoms with Crippen molar-refractivity contribution in [1.82, 2.24) is 10.3 Å². The van der Waals surface area contributed by atoms with Gasteiger partial charge in [-0.25, -0.2) is 4.98 Å². The van der Waals surface area contributed by atoms with E-state index < -0.39 is 0 Å². The average Bonchev–Trinajstić information content (AvgIpc) is 2.44. The van der Waals surface area contributed by atoms with E-state index in [1.807, 2.05) is 0 Å². The van der Waals surface area contributed by atoms with Gasteiger partial charge in [-0.3, -0.25) is 4.79 Å². The van der Waals surface area contributed by atoms with E-state index in [9.17, 15) is 4.79 Å². The van der Waals surface area contributed by atoms with E-state index in [1.54, 1.807) is 19.2 Å². The molecule has 0 aliphatic heterocycles. The molecule has 21 heavy (non-hydrogen) atoms. The van der Waals surface area contributed by atoms with Crippen LogP contribution in [0.25, 0.3) is 0 Å². The molecule has 0 aromatic carbocycles. The van der Waals surface area contributed by atoms with Crippen LogP contribution in [0.2, 0.25) is 5.15 Å². The fourth-order valence-electron chi connectivity index (χ4n) is 2.12. The van der Waals surface area contributed by atoms with Crippen LogP contribution in [0.5, 0.6) is 0 Å². The molecule has 1 aromatic rings. The quantitative estimate of drug-likeness (QED) is 0.561. The second kappa shape index (κ2) is 8.23. The fourth-order valence-corrected chi connectivity index (χ4v) is 2.33. The Morgan fingerprint density at radius 3 is 2.67 bits per heavy atom. The monoisotopic (exact) mass is 311 g/mol. The summed E-state index contributed by atoms with van der Waals surface area (Å²) < 4.78 is 0. The zero-order chi connectivity index (χ0) is 15.9. The van der Waals surface area contributed by atoms with Gasteiger partial charge >= 0.3 is 0 Å². The van der Waals surface area contributed by atoms with Gasteiger partial charge in [0.2, 0.25) is 0 Å². The van der Waals surface area contributed by atoms with E-state index in [2.05, 4.69) is 36.4 Å². The van der Waals surface area contributed by atoms with E-state index in [4.69, 9.17) is 11.6 Å². The van der Waals surface area contributed by atoms with Crippen molar-refractivity contribution in [3.63, 3.8) is 0 Å². The zero-order valence-corrected chi connectivity index (χ0v) is 14.2. The van der Waals surface area contributed by atoms with Crippen LogP contribution < -0.4 is 10.6 Å². The van der Waals surface area contributed by atoms with Crippen molar-refractivity contribution < 1.29 is 4.79 Å². The molecule has 0 aliphatic carbocycles. The summed E-state index contributed by atoms with van der Waals surface area (Å²) in [7, 11) is 1.75. The van der Waals surface area contributed by atoms with Crippen LogP contribution >= 0.6 is 11.6 Å². The molecule has 0 bridgehead atoms. The van der Waals surface area contributed by atoms with Gasteiger partial charge in [0.1, 0.15) is 11.0 Å². The average molecular weight is 312 g/mol. The molecule has 1 amide bonds. The highest BCUT2D eigenvalue weighted by molar-refractivity contribution is 6.29. The number of aromatic nitrogens is 1. The minimum atomic E-state index is -0.112. The van der Waals surface area contributed by atoms with Crippen molar-refractivity contribution >= 4 is 23.3 Å². The Labute approximate surface area is 132 Å². The van der Waals surface area contributed by atoms with Crippen molar-refractivity contribution in [3.8, 4) is 0 Å². The predicted octanol–water partition coefficient (Wildman–Crippen LogP) is 4.11. The molecule has 0 saturated heterocycles. The number of nitrogens with zero attached hydrogens (tertiary/aromatic N) is 1. The standard InChI is InChI=1S/C16H26ClN3O/c1-5-6-7-8-16(2,3)11-19-15(21)12-9-13(17)20-14(10-12)18-4/h9-10H,5-8,11H2,1-4H3,(H,18,20)(H,19,21). The number of unbranched alkanes of at least 4 members (excludes halogenated alkanes) is 2. The summed E-state index contributed by atoms with van der Waals surface area (Å²) >= 11 is 5.92. The van der Waals surface area contributed by atoms with Crippen LogP contribution in [-0.2, 0) is 0 Å². The summed E-state index contributed by atoms with van der Waals surface area (Å²) in [5, 5.41) is 6.20. The van der Waals surface area contributed by atoms with Gasteiger partial charge in [-0.2, -0.15) is 0 Å². The Bertz CT molecular complexity index is 475. The number of carbonyl (C=O) groups excluding carboxylic acids is 1. The van der Waals surface area contributed by atoms with E-state index in [-0.39, 0.29) is 11.3 Å².